The van der Waals surface area contributed by atoms with Crippen LogP contribution in [0.3, 0.4) is 0 Å². The van der Waals surface area contributed by atoms with E-state index >= 15 is 0 Å². The standard InChI is InChI=1S/C22H26ClN3O3S/c23-17-4-2-15(3-5-17)16-6-11-26(12-7-16)21-24-18-8-13-30(28)19(18)20(25-21)29-22(14-27)9-1-10-22/h2-5,16,27H,1,6-14H2/t30-/m0/s1. The maximum Gasteiger partial charge on any atom is 0.235 e. The summed E-state index contributed by atoms with van der Waals surface area (Å²) in [6, 6.07) is 8.13. The highest BCUT2D eigenvalue weighted by Crippen LogP contribution is 2.40. The molecule has 0 radical (unpaired) electrons. The van der Waals surface area contributed by atoms with E-state index in [0.717, 1.165) is 55.9 Å². The van der Waals surface area contributed by atoms with Crippen molar-refractivity contribution in [2.24, 2.45) is 0 Å². The predicted octanol–water partition coefficient (Wildman–Crippen LogP) is 3.47. The van der Waals surface area contributed by atoms with Crippen LogP contribution in [0.1, 0.15) is 49.3 Å². The van der Waals surface area contributed by atoms with Crippen LogP contribution in [0.4, 0.5) is 5.95 Å². The zero-order valence-corrected chi connectivity index (χ0v) is 18.4. The minimum Gasteiger partial charge on any atom is -0.468 e. The third-order valence-corrected chi connectivity index (χ3v) is 8.32. The quantitative estimate of drug-likeness (QED) is 0.756. The smallest absolute Gasteiger partial charge is 0.235 e. The topological polar surface area (TPSA) is 75.6 Å². The van der Waals surface area contributed by atoms with Crippen LogP contribution >= 0.6 is 11.6 Å². The Morgan fingerprint density at radius 3 is 2.57 bits per heavy atom. The number of aromatic nitrogens is 2. The molecule has 1 atom stereocenters. The van der Waals surface area contributed by atoms with Crippen LogP contribution in [0.2, 0.25) is 5.02 Å². The average Bonchev–Trinajstić information content (AvgIpc) is 3.12. The number of rotatable bonds is 5. The molecule has 2 aromatic rings. The van der Waals surface area contributed by atoms with Crippen LogP contribution < -0.4 is 9.64 Å². The molecule has 160 valence electrons. The Morgan fingerprint density at radius 1 is 1.20 bits per heavy atom. The molecule has 3 heterocycles. The number of halogens is 1. The zero-order valence-electron chi connectivity index (χ0n) is 16.8. The lowest BCUT2D eigenvalue weighted by molar-refractivity contribution is -0.0564. The van der Waals surface area contributed by atoms with Crippen LogP contribution in [-0.4, -0.2) is 50.3 Å². The molecule has 2 fully saturated rings. The zero-order chi connectivity index (χ0) is 20.7. The van der Waals surface area contributed by atoms with Gasteiger partial charge in [0.1, 0.15) is 10.5 Å². The van der Waals surface area contributed by atoms with E-state index in [2.05, 4.69) is 17.0 Å². The first kappa shape index (κ1) is 20.2. The molecule has 2 aliphatic heterocycles. The Labute approximate surface area is 184 Å². The van der Waals surface area contributed by atoms with Crippen molar-refractivity contribution in [2.45, 2.75) is 54.9 Å². The number of hydrogen-bond donors (Lipinski definition) is 1. The molecular formula is C22H26ClN3O3S. The monoisotopic (exact) mass is 447 g/mol. The molecule has 1 aromatic heterocycles. The van der Waals surface area contributed by atoms with Gasteiger partial charge in [-0.1, -0.05) is 23.7 Å². The second-order valence-corrected chi connectivity index (χ2v) is 10.5. The van der Waals surface area contributed by atoms with Gasteiger partial charge >= 0.3 is 0 Å². The highest BCUT2D eigenvalue weighted by atomic mass is 35.5. The molecule has 0 bridgehead atoms. The summed E-state index contributed by atoms with van der Waals surface area (Å²) in [4.78, 5) is 12.3. The first-order valence-electron chi connectivity index (χ1n) is 10.7. The van der Waals surface area contributed by atoms with E-state index in [1.165, 1.54) is 5.56 Å². The molecule has 6 nitrogen and oxygen atoms in total. The summed E-state index contributed by atoms with van der Waals surface area (Å²) in [6.07, 6.45) is 5.35. The minimum atomic E-state index is -1.13. The summed E-state index contributed by atoms with van der Waals surface area (Å²) < 4.78 is 18.7. The number of aryl methyl sites for hydroxylation is 1. The van der Waals surface area contributed by atoms with Crippen molar-refractivity contribution in [3.63, 3.8) is 0 Å². The Balaban J connectivity index is 1.37. The lowest BCUT2D eigenvalue weighted by Crippen LogP contribution is -2.47. The lowest BCUT2D eigenvalue weighted by atomic mass is 9.81. The average molecular weight is 448 g/mol. The molecule has 1 saturated carbocycles. The molecule has 8 heteroatoms. The Bertz CT molecular complexity index is 951. The van der Waals surface area contributed by atoms with Gasteiger partial charge in [-0.3, -0.25) is 4.21 Å². The van der Waals surface area contributed by atoms with E-state index in [-0.39, 0.29) is 6.61 Å². The number of nitrogens with zero attached hydrogens (tertiary/aromatic N) is 3. The fourth-order valence-electron chi connectivity index (χ4n) is 4.58. The van der Waals surface area contributed by atoms with Crippen molar-refractivity contribution in [1.82, 2.24) is 9.97 Å². The summed E-state index contributed by atoms with van der Waals surface area (Å²) in [7, 11) is -1.13. The van der Waals surface area contributed by atoms with Crippen molar-refractivity contribution in [3.05, 3.63) is 40.5 Å². The lowest BCUT2D eigenvalue weighted by Gasteiger charge is -2.40. The van der Waals surface area contributed by atoms with Gasteiger partial charge in [0.05, 0.1) is 23.1 Å². The van der Waals surface area contributed by atoms with Crippen molar-refractivity contribution < 1.29 is 14.1 Å². The van der Waals surface area contributed by atoms with Gasteiger partial charge in [0.2, 0.25) is 11.8 Å². The molecule has 5 rings (SSSR count). The molecule has 0 unspecified atom stereocenters. The number of anilines is 1. The van der Waals surface area contributed by atoms with Crippen LogP contribution in [0.25, 0.3) is 0 Å². The van der Waals surface area contributed by atoms with E-state index in [9.17, 15) is 9.32 Å². The number of piperidine rings is 1. The maximum atomic E-state index is 12.5. The molecule has 1 N–H and O–H groups in total. The minimum absolute atomic E-state index is 0.0414. The first-order valence-corrected chi connectivity index (χ1v) is 12.4. The third kappa shape index (κ3) is 3.72. The second kappa shape index (κ2) is 8.09. The molecule has 1 aliphatic carbocycles. The van der Waals surface area contributed by atoms with E-state index in [0.29, 0.717) is 34.8 Å². The molecule has 1 aromatic carbocycles. The van der Waals surface area contributed by atoms with E-state index in [1.54, 1.807) is 0 Å². The number of fused-ring (bicyclic) bond motifs is 1. The van der Waals surface area contributed by atoms with Crippen LogP contribution in [0.5, 0.6) is 5.88 Å². The van der Waals surface area contributed by atoms with Crippen molar-refractivity contribution in [3.8, 4) is 5.88 Å². The molecule has 0 spiro atoms. The number of ether oxygens (including phenoxy) is 1. The van der Waals surface area contributed by atoms with E-state index in [4.69, 9.17) is 26.3 Å². The van der Waals surface area contributed by atoms with Crippen molar-refractivity contribution in [2.75, 3.05) is 30.3 Å². The van der Waals surface area contributed by atoms with Crippen molar-refractivity contribution in [1.29, 1.82) is 0 Å². The normalized spacial score (nSPS) is 23.1. The Hall–Kier alpha value is -1.70. The Kier molecular flexibility index (Phi) is 5.45. The summed E-state index contributed by atoms with van der Waals surface area (Å²) in [5.41, 5.74) is 1.58. The van der Waals surface area contributed by atoms with Crippen molar-refractivity contribution >= 4 is 28.3 Å². The number of benzene rings is 1. The molecule has 30 heavy (non-hydrogen) atoms. The molecule has 0 amide bonds. The maximum absolute atomic E-state index is 12.5. The highest BCUT2D eigenvalue weighted by Gasteiger charge is 2.41. The predicted molar refractivity (Wildman–Crippen MR) is 117 cm³/mol. The van der Waals surface area contributed by atoms with Crippen LogP contribution in [0.15, 0.2) is 29.2 Å². The van der Waals surface area contributed by atoms with Gasteiger partial charge in [-0.2, -0.15) is 4.98 Å². The first-order chi connectivity index (χ1) is 14.6. The van der Waals surface area contributed by atoms with E-state index < -0.39 is 16.4 Å². The molecule has 3 aliphatic rings. The number of aliphatic hydroxyl groups excluding tert-OH is 1. The highest BCUT2D eigenvalue weighted by molar-refractivity contribution is 7.85. The van der Waals surface area contributed by atoms with Crippen LogP contribution in [0, 0.1) is 0 Å². The fraction of sp³-hybridized carbons (Fsp3) is 0.545. The summed E-state index contributed by atoms with van der Waals surface area (Å²) in [6.45, 7) is 1.68. The van der Waals surface area contributed by atoms with Gasteiger partial charge in [-0.15, -0.1) is 0 Å². The van der Waals surface area contributed by atoms with Gasteiger partial charge in [-0.05, 0) is 55.7 Å². The van der Waals surface area contributed by atoms with Gasteiger partial charge in [0.25, 0.3) is 0 Å². The van der Waals surface area contributed by atoms with Gasteiger partial charge < -0.3 is 14.7 Å². The molecule has 1 saturated heterocycles. The molecular weight excluding hydrogens is 422 g/mol. The number of hydrogen-bond acceptors (Lipinski definition) is 6. The largest absolute Gasteiger partial charge is 0.468 e. The van der Waals surface area contributed by atoms with Gasteiger partial charge in [0, 0.05) is 30.3 Å². The summed E-state index contributed by atoms with van der Waals surface area (Å²) in [5.74, 6) is 2.14. The third-order valence-electron chi connectivity index (χ3n) is 6.63. The van der Waals surface area contributed by atoms with Gasteiger partial charge in [-0.25, -0.2) is 4.98 Å². The SMILES string of the molecule is O=[S@]1CCc2nc(N3CCC(c4ccc(Cl)cc4)CC3)nc(OC3(CO)CCC3)c21. The van der Waals surface area contributed by atoms with Crippen LogP contribution in [-0.2, 0) is 17.2 Å². The number of aliphatic hydroxyl groups is 1. The summed E-state index contributed by atoms with van der Waals surface area (Å²) in [5, 5.41) is 10.6. The van der Waals surface area contributed by atoms with Gasteiger partial charge in [0.15, 0.2) is 0 Å². The Morgan fingerprint density at radius 2 is 1.93 bits per heavy atom. The second-order valence-electron chi connectivity index (χ2n) is 8.51. The van der Waals surface area contributed by atoms with E-state index in [1.807, 2.05) is 12.1 Å². The fourth-order valence-corrected chi connectivity index (χ4v) is 5.98. The summed E-state index contributed by atoms with van der Waals surface area (Å²) >= 11 is 6.02.